The monoisotopic (exact) mass is 622 g/mol. The Morgan fingerprint density at radius 1 is 0.886 bits per heavy atom. The molecule has 2 aromatic carbocycles. The number of aliphatic hydroxyl groups is 4. The largest absolute Gasteiger partial charge is 0.504 e. The molecule has 0 aromatic heterocycles. The molecule has 0 radical (unpaired) electrons. The molecule has 3 aliphatic rings. The molecule has 3 saturated heterocycles. The maximum atomic E-state index is 13.0. The quantitative estimate of drug-likeness (QED) is 0.111. The molecule has 8 N–H and O–H groups in total. The normalized spacial score (nSPS) is 35.7. The van der Waals surface area contributed by atoms with E-state index in [1.807, 2.05) is 0 Å². The van der Waals surface area contributed by atoms with E-state index in [-0.39, 0.29) is 18.1 Å². The van der Waals surface area contributed by atoms with Crippen molar-refractivity contribution in [3.05, 3.63) is 53.6 Å². The van der Waals surface area contributed by atoms with Crippen molar-refractivity contribution in [2.45, 2.75) is 74.4 Å². The number of phenolic OH excluding ortho intramolecular Hbond substituents is 4. The highest BCUT2D eigenvalue weighted by molar-refractivity contribution is 5.87. The Morgan fingerprint density at radius 3 is 2.27 bits per heavy atom. The highest BCUT2D eigenvalue weighted by Gasteiger charge is 2.55. The Morgan fingerprint density at radius 2 is 1.59 bits per heavy atom. The van der Waals surface area contributed by atoms with E-state index in [9.17, 15) is 45.6 Å². The maximum Gasteiger partial charge on any atom is 0.331 e. The fourth-order valence-electron chi connectivity index (χ4n) is 5.19. The van der Waals surface area contributed by atoms with Crippen molar-refractivity contribution in [2.75, 3.05) is 13.2 Å². The number of hydrogen-bond donors (Lipinski definition) is 8. The molecule has 0 amide bonds. The molecule has 3 heterocycles. The third-order valence-corrected chi connectivity index (χ3v) is 7.64. The molecule has 11 atom stereocenters. The minimum atomic E-state index is -1.73. The molecule has 0 bridgehead atoms. The fraction of sp³-hybridized carbons (Fsp3) is 0.483. The van der Waals surface area contributed by atoms with E-state index in [0.29, 0.717) is 11.1 Å². The van der Waals surface area contributed by atoms with Gasteiger partial charge in [0.15, 0.2) is 41.7 Å². The molecule has 15 nitrogen and oxygen atoms in total. The maximum absolute atomic E-state index is 13.0. The Labute approximate surface area is 250 Å². The summed E-state index contributed by atoms with van der Waals surface area (Å²) < 4.78 is 35.3. The first kappa shape index (κ1) is 31.9. The minimum absolute atomic E-state index is 0.0760. The van der Waals surface area contributed by atoms with Gasteiger partial charge in [-0.05, 0) is 48.4 Å². The van der Waals surface area contributed by atoms with Crippen LogP contribution in [0.15, 0.2) is 42.5 Å². The second-order valence-corrected chi connectivity index (χ2v) is 10.7. The lowest BCUT2D eigenvalue weighted by Gasteiger charge is -2.50. The lowest BCUT2D eigenvalue weighted by atomic mass is 9.95. The Bertz CT molecular complexity index is 1350. The summed E-state index contributed by atoms with van der Waals surface area (Å²) in [6, 6.07) is 7.92. The Hall–Kier alpha value is -3.51. The minimum Gasteiger partial charge on any atom is -0.504 e. The van der Waals surface area contributed by atoms with E-state index < -0.39 is 91.6 Å². The van der Waals surface area contributed by atoms with E-state index in [2.05, 4.69) is 0 Å². The molecule has 3 fully saturated rings. The fourth-order valence-corrected chi connectivity index (χ4v) is 5.19. The molecule has 2 aromatic rings. The average Bonchev–Trinajstić information content (AvgIpc) is 3.01. The van der Waals surface area contributed by atoms with Crippen LogP contribution in [0.2, 0.25) is 0 Å². The van der Waals surface area contributed by atoms with Gasteiger partial charge in [-0.1, -0.05) is 12.1 Å². The molecule has 44 heavy (non-hydrogen) atoms. The van der Waals surface area contributed by atoms with Crippen molar-refractivity contribution in [3.63, 3.8) is 0 Å². The summed E-state index contributed by atoms with van der Waals surface area (Å²) >= 11 is 0. The van der Waals surface area contributed by atoms with Crippen molar-refractivity contribution >= 4 is 12.0 Å². The number of benzene rings is 2. The number of esters is 1. The topological polar surface area (TPSA) is 234 Å². The number of aromatic hydroxyl groups is 4. The predicted octanol–water partition coefficient (Wildman–Crippen LogP) is -0.479. The number of fused-ring (bicyclic) bond motifs is 1. The predicted molar refractivity (Wildman–Crippen MR) is 145 cm³/mol. The van der Waals surface area contributed by atoms with Crippen molar-refractivity contribution in [3.8, 4) is 23.0 Å². The molecule has 15 heteroatoms. The zero-order valence-electron chi connectivity index (χ0n) is 23.3. The van der Waals surface area contributed by atoms with Crippen molar-refractivity contribution in [1.29, 1.82) is 0 Å². The number of aliphatic hydroxyl groups excluding tert-OH is 4. The first-order valence-corrected chi connectivity index (χ1v) is 13.8. The van der Waals surface area contributed by atoms with Gasteiger partial charge in [-0.3, -0.25) is 0 Å². The third kappa shape index (κ3) is 6.61. The molecular weight excluding hydrogens is 588 g/mol. The van der Waals surface area contributed by atoms with Crippen LogP contribution in [0.3, 0.4) is 0 Å². The summed E-state index contributed by atoms with van der Waals surface area (Å²) in [5.41, 5.74) is 0.768. The Kier molecular flexibility index (Phi) is 9.59. The van der Waals surface area contributed by atoms with Crippen LogP contribution in [0, 0.1) is 0 Å². The highest BCUT2D eigenvalue weighted by atomic mass is 16.8. The first-order chi connectivity index (χ1) is 21.0. The zero-order valence-corrected chi connectivity index (χ0v) is 23.3. The van der Waals surface area contributed by atoms with Gasteiger partial charge in [-0.15, -0.1) is 0 Å². The van der Waals surface area contributed by atoms with Crippen LogP contribution in [0.5, 0.6) is 23.0 Å². The number of ether oxygens (including phenoxy) is 6. The van der Waals surface area contributed by atoms with Gasteiger partial charge in [0.25, 0.3) is 0 Å². The standard InChI is InChI=1S/C29H34O15/c1-12-22(36)23(37)24(38)28(40-12)44-26-25(43-21(35)7-3-13-2-5-15(31)17(33)8-13)19(10-30)42-29-27(26)41-20(11-39-29)14-4-6-16(32)18(34)9-14/h2-9,12,19-20,22-34,36-38H,10-11H2,1H3/b7-3+/t12-,19+,20+,22-,23+,24+,25-,26+,27-,28-,29+/m1/s1. The van der Waals surface area contributed by atoms with Crippen LogP contribution in [-0.4, -0.2) is 121 Å². The number of carbonyl (C=O) groups is 1. The van der Waals surface area contributed by atoms with Crippen LogP contribution < -0.4 is 0 Å². The summed E-state index contributed by atoms with van der Waals surface area (Å²) in [5, 5.41) is 80.3. The van der Waals surface area contributed by atoms with Crippen LogP contribution in [-0.2, 0) is 33.2 Å². The summed E-state index contributed by atoms with van der Waals surface area (Å²) in [4.78, 5) is 13.0. The lowest BCUT2D eigenvalue weighted by molar-refractivity contribution is -0.384. The molecule has 0 spiro atoms. The second-order valence-electron chi connectivity index (χ2n) is 10.7. The highest BCUT2D eigenvalue weighted by Crippen LogP contribution is 2.39. The van der Waals surface area contributed by atoms with E-state index in [1.165, 1.54) is 49.4 Å². The number of hydrogen-bond acceptors (Lipinski definition) is 15. The van der Waals surface area contributed by atoms with Gasteiger partial charge in [0.1, 0.15) is 42.7 Å². The molecule has 0 unspecified atom stereocenters. The molecule has 0 saturated carbocycles. The van der Waals surface area contributed by atoms with Crippen LogP contribution in [0.1, 0.15) is 24.2 Å². The number of rotatable bonds is 7. The summed E-state index contributed by atoms with van der Waals surface area (Å²) in [5.74, 6) is -2.43. The zero-order chi connectivity index (χ0) is 31.7. The van der Waals surface area contributed by atoms with Gasteiger partial charge >= 0.3 is 5.97 Å². The first-order valence-electron chi connectivity index (χ1n) is 13.8. The van der Waals surface area contributed by atoms with Gasteiger partial charge in [0.2, 0.25) is 0 Å². The van der Waals surface area contributed by atoms with Crippen LogP contribution >= 0.6 is 0 Å². The van der Waals surface area contributed by atoms with Crippen LogP contribution in [0.25, 0.3) is 6.08 Å². The molecule has 5 rings (SSSR count). The lowest BCUT2D eigenvalue weighted by Crippen LogP contribution is -2.66. The number of phenols is 4. The van der Waals surface area contributed by atoms with Crippen LogP contribution in [0.4, 0.5) is 0 Å². The summed E-state index contributed by atoms with van der Waals surface area (Å²) in [7, 11) is 0. The SMILES string of the molecule is C[C@H]1O[C@H](O[C@@H]2[C@H]3O[C@H](c4ccc(O)c(O)c4)CO[C@H]3O[C@@H](CO)[C@H]2OC(=O)/C=C/c2ccc(O)c(O)c2)[C@@H](O)[C@@H](O)[C@@H]1O. The van der Waals surface area contributed by atoms with Crippen molar-refractivity contribution in [2.24, 2.45) is 0 Å². The molecular formula is C29H34O15. The van der Waals surface area contributed by atoms with E-state index in [1.54, 1.807) is 0 Å². The summed E-state index contributed by atoms with van der Waals surface area (Å²) in [6.07, 6.45) is -12.2. The van der Waals surface area contributed by atoms with Gasteiger partial charge < -0.3 is 69.3 Å². The van der Waals surface area contributed by atoms with Crippen molar-refractivity contribution in [1.82, 2.24) is 0 Å². The van der Waals surface area contributed by atoms with Gasteiger partial charge in [0, 0.05) is 6.08 Å². The molecule has 240 valence electrons. The smallest absolute Gasteiger partial charge is 0.331 e. The number of carbonyl (C=O) groups excluding carboxylic acids is 1. The van der Waals surface area contributed by atoms with Gasteiger partial charge in [-0.25, -0.2) is 4.79 Å². The van der Waals surface area contributed by atoms with E-state index >= 15 is 0 Å². The van der Waals surface area contributed by atoms with Gasteiger partial charge in [-0.2, -0.15) is 0 Å². The van der Waals surface area contributed by atoms with E-state index in [0.717, 1.165) is 6.08 Å². The average molecular weight is 623 g/mol. The third-order valence-electron chi connectivity index (χ3n) is 7.64. The molecule has 3 aliphatic heterocycles. The van der Waals surface area contributed by atoms with Gasteiger partial charge in [0.05, 0.1) is 19.3 Å². The Balaban J connectivity index is 1.43. The molecule has 0 aliphatic carbocycles. The van der Waals surface area contributed by atoms with E-state index in [4.69, 9.17) is 28.4 Å². The second kappa shape index (κ2) is 13.2. The summed E-state index contributed by atoms with van der Waals surface area (Å²) in [6.45, 7) is 0.713. The van der Waals surface area contributed by atoms with Crippen molar-refractivity contribution < 1.29 is 74.1 Å².